The van der Waals surface area contributed by atoms with Gasteiger partial charge in [0.05, 0.1) is 5.75 Å². The molecule has 0 aliphatic rings. The molecule has 0 spiro atoms. The monoisotopic (exact) mass is 166 g/mol. The first-order valence-corrected chi connectivity index (χ1v) is 4.48. The van der Waals surface area contributed by atoms with E-state index >= 15 is 0 Å². The van der Waals surface area contributed by atoms with Crippen LogP contribution in [0.4, 0.5) is 0 Å². The van der Waals surface area contributed by atoms with Gasteiger partial charge in [-0.05, 0) is 23.4 Å². The van der Waals surface area contributed by atoms with Crippen molar-refractivity contribution in [1.29, 1.82) is 0 Å². The molecular weight excluding hydrogens is 156 g/mol. The maximum Gasteiger partial charge on any atom is 0.115 e. The zero-order valence-corrected chi connectivity index (χ0v) is 7.19. The van der Waals surface area contributed by atoms with Crippen molar-refractivity contribution < 1.29 is 5.11 Å². The van der Waals surface area contributed by atoms with Gasteiger partial charge in [0, 0.05) is 0 Å². The molecule has 0 atom stereocenters. The molecule has 0 aliphatic carbocycles. The van der Waals surface area contributed by atoms with Gasteiger partial charge in [-0.2, -0.15) is 0 Å². The van der Waals surface area contributed by atoms with E-state index in [0.29, 0.717) is 5.75 Å². The number of hydrogen-bond acceptors (Lipinski definition) is 2. The van der Waals surface area contributed by atoms with Crippen molar-refractivity contribution in [2.24, 2.45) is 0 Å². The van der Waals surface area contributed by atoms with E-state index in [1.165, 1.54) is 0 Å². The quantitative estimate of drug-likeness (QED) is 0.744. The van der Waals surface area contributed by atoms with Crippen LogP contribution in [0.25, 0.3) is 0 Å². The smallest absolute Gasteiger partial charge is 0.115 e. The van der Waals surface area contributed by atoms with Crippen LogP contribution >= 0.6 is 11.8 Å². The van der Waals surface area contributed by atoms with E-state index in [1.807, 2.05) is 12.1 Å². The van der Waals surface area contributed by atoms with E-state index in [0.717, 1.165) is 11.3 Å². The number of thioether (sulfide) groups is 1. The third-order valence-electron chi connectivity index (χ3n) is 1.18. The normalized spacial score (nSPS) is 9.91. The highest BCUT2D eigenvalue weighted by Gasteiger charge is 1.93. The van der Waals surface area contributed by atoms with Crippen LogP contribution in [-0.2, 0) is 0 Å². The van der Waals surface area contributed by atoms with Crippen molar-refractivity contribution in [2.75, 3.05) is 5.75 Å². The lowest BCUT2D eigenvalue weighted by atomic mass is 10.2. The third-order valence-corrected chi connectivity index (χ3v) is 1.85. The fraction of sp³-hybridized carbons (Fsp3) is 0.222. The van der Waals surface area contributed by atoms with Crippen molar-refractivity contribution in [3.63, 3.8) is 0 Å². The molecule has 0 amide bonds. The Morgan fingerprint density at radius 3 is 3.00 bits per heavy atom. The maximum atomic E-state index is 9.06. The molecular formula is C9H10OS. The minimum Gasteiger partial charge on any atom is -0.508 e. The van der Waals surface area contributed by atoms with Gasteiger partial charge in [0.15, 0.2) is 0 Å². The molecule has 0 aromatic heterocycles. The first kappa shape index (κ1) is 8.47. The second-order valence-electron chi connectivity index (χ2n) is 2.09. The number of benzene rings is 1. The first-order valence-electron chi connectivity index (χ1n) is 3.49. The van der Waals surface area contributed by atoms with Crippen LogP contribution in [0.1, 0.15) is 12.5 Å². The lowest BCUT2D eigenvalue weighted by Crippen LogP contribution is -1.76. The van der Waals surface area contributed by atoms with Crippen LogP contribution in [-0.4, -0.2) is 10.9 Å². The molecule has 2 radical (unpaired) electrons. The molecule has 1 aromatic rings. The van der Waals surface area contributed by atoms with Gasteiger partial charge < -0.3 is 5.11 Å². The largest absolute Gasteiger partial charge is 0.508 e. The molecule has 0 saturated carbocycles. The summed E-state index contributed by atoms with van der Waals surface area (Å²) in [4.78, 5) is 0. The Hall–Kier alpha value is -0.630. The predicted molar refractivity (Wildman–Crippen MR) is 48.6 cm³/mol. The summed E-state index contributed by atoms with van der Waals surface area (Å²) in [5.41, 5.74) is 0.942. The van der Waals surface area contributed by atoms with Crippen LogP contribution in [0.15, 0.2) is 24.3 Å². The lowest BCUT2D eigenvalue weighted by molar-refractivity contribution is 0.475. The summed E-state index contributed by atoms with van der Waals surface area (Å²) in [5.74, 6) is 4.40. The van der Waals surface area contributed by atoms with Crippen molar-refractivity contribution in [1.82, 2.24) is 0 Å². The van der Waals surface area contributed by atoms with E-state index in [1.54, 1.807) is 23.9 Å². The zero-order valence-electron chi connectivity index (χ0n) is 6.37. The van der Waals surface area contributed by atoms with Gasteiger partial charge in [-0.25, -0.2) is 0 Å². The van der Waals surface area contributed by atoms with E-state index < -0.39 is 0 Å². The van der Waals surface area contributed by atoms with Crippen molar-refractivity contribution in [3.8, 4) is 5.75 Å². The van der Waals surface area contributed by atoms with Gasteiger partial charge in [0.25, 0.3) is 0 Å². The fourth-order valence-electron chi connectivity index (χ4n) is 0.725. The first-order chi connectivity index (χ1) is 5.33. The van der Waals surface area contributed by atoms with E-state index in [4.69, 9.17) is 5.11 Å². The molecule has 1 nitrogen and oxygen atoms in total. The molecule has 11 heavy (non-hydrogen) atoms. The minimum atomic E-state index is 0.298. The Kier molecular flexibility index (Phi) is 3.30. The molecule has 0 saturated heterocycles. The maximum absolute atomic E-state index is 9.06. The third kappa shape index (κ3) is 2.85. The van der Waals surface area contributed by atoms with Crippen molar-refractivity contribution in [3.05, 3.63) is 35.6 Å². The Bertz CT molecular complexity index is 223. The average molecular weight is 166 g/mol. The zero-order chi connectivity index (χ0) is 8.10. The minimum absolute atomic E-state index is 0.298. The lowest BCUT2D eigenvalue weighted by Gasteiger charge is -1.97. The summed E-state index contributed by atoms with van der Waals surface area (Å²) < 4.78 is 0. The molecule has 0 unspecified atom stereocenters. The van der Waals surface area contributed by atoms with Gasteiger partial charge in [-0.1, -0.05) is 19.1 Å². The Morgan fingerprint density at radius 1 is 1.55 bits per heavy atom. The average Bonchev–Trinajstić information content (AvgIpc) is 2.01. The molecule has 0 fully saturated rings. The van der Waals surface area contributed by atoms with E-state index in [2.05, 4.69) is 12.7 Å². The number of hydrogen-bond donors (Lipinski definition) is 1. The molecule has 0 aliphatic heterocycles. The topological polar surface area (TPSA) is 20.2 Å². The van der Waals surface area contributed by atoms with Crippen LogP contribution in [0.5, 0.6) is 5.75 Å². The van der Waals surface area contributed by atoms with Crippen molar-refractivity contribution in [2.45, 2.75) is 6.92 Å². The Labute approximate surface area is 71.4 Å². The van der Waals surface area contributed by atoms with E-state index in [-0.39, 0.29) is 0 Å². The molecule has 1 aromatic carbocycles. The number of phenolic OH excluding ortho intramolecular Hbond substituents is 1. The summed E-state index contributed by atoms with van der Waals surface area (Å²) in [5, 5.41) is 9.06. The standard InChI is InChI=1S/C9H10OS/c1-2-11-7-8-4-3-5-9(10)6-8/h3-6,10H,2H2,1H3. The van der Waals surface area contributed by atoms with Crippen LogP contribution in [0.3, 0.4) is 0 Å². The van der Waals surface area contributed by atoms with Gasteiger partial charge in [0.2, 0.25) is 0 Å². The van der Waals surface area contributed by atoms with Crippen LogP contribution in [0.2, 0.25) is 0 Å². The van der Waals surface area contributed by atoms with Crippen molar-refractivity contribution >= 4 is 11.8 Å². The second kappa shape index (κ2) is 4.29. The highest BCUT2D eigenvalue weighted by molar-refractivity contribution is 8.01. The molecule has 0 heterocycles. The van der Waals surface area contributed by atoms with Gasteiger partial charge in [-0.15, -0.1) is 11.8 Å². The van der Waals surface area contributed by atoms with Crippen LogP contribution < -0.4 is 0 Å². The molecule has 58 valence electrons. The summed E-state index contributed by atoms with van der Waals surface area (Å²) in [6.07, 6.45) is 0. The molecule has 1 rings (SSSR count). The van der Waals surface area contributed by atoms with E-state index in [9.17, 15) is 0 Å². The Balaban J connectivity index is 2.56. The fourth-order valence-corrected chi connectivity index (χ4v) is 1.16. The van der Waals surface area contributed by atoms with Gasteiger partial charge >= 0.3 is 0 Å². The number of aromatic hydroxyl groups is 1. The summed E-state index contributed by atoms with van der Waals surface area (Å²) in [6.45, 7) is 2.07. The van der Waals surface area contributed by atoms with Crippen LogP contribution in [0, 0.1) is 5.75 Å². The van der Waals surface area contributed by atoms with Gasteiger partial charge in [0.1, 0.15) is 5.75 Å². The Morgan fingerprint density at radius 2 is 2.36 bits per heavy atom. The molecule has 1 N–H and O–H groups in total. The SMILES string of the molecule is CCS[C]c1cccc(O)c1. The van der Waals surface area contributed by atoms with Gasteiger partial charge in [-0.3, -0.25) is 0 Å². The summed E-state index contributed by atoms with van der Waals surface area (Å²) >= 11 is 1.61. The molecule has 0 bridgehead atoms. The highest BCUT2D eigenvalue weighted by Crippen LogP contribution is 2.18. The summed E-state index contributed by atoms with van der Waals surface area (Å²) in [6, 6.07) is 7.08. The second-order valence-corrected chi connectivity index (χ2v) is 3.16. The number of phenols is 1. The summed E-state index contributed by atoms with van der Waals surface area (Å²) in [7, 11) is 0. The number of rotatable bonds is 3. The highest BCUT2D eigenvalue weighted by atomic mass is 32.2. The molecule has 2 heteroatoms. The predicted octanol–water partition coefficient (Wildman–Crippen LogP) is 2.53.